The Kier molecular flexibility index (Phi) is 4.25. The maximum Gasteiger partial charge on any atom is 0.157 e. The zero-order valence-electron chi connectivity index (χ0n) is 11.0. The first-order valence-corrected chi connectivity index (χ1v) is 5.93. The van der Waals surface area contributed by atoms with Crippen molar-refractivity contribution in [3.63, 3.8) is 0 Å². The van der Waals surface area contributed by atoms with E-state index in [4.69, 9.17) is 15.2 Å². The summed E-state index contributed by atoms with van der Waals surface area (Å²) in [5.74, 6) is 1.64. The average molecular weight is 260 g/mol. The van der Waals surface area contributed by atoms with Crippen molar-refractivity contribution in [1.82, 2.24) is 15.0 Å². The fourth-order valence-electron chi connectivity index (χ4n) is 1.66. The standard InChI is InChI=1S/C13H16N4O2/c1-3-19-10-4-9(6-15-7-10)11-5-12(14)17-13(16-11)8-18-2/h4-7H,3,8H2,1-2H3,(H2,14,16,17). The topological polar surface area (TPSA) is 83.2 Å². The molecule has 0 radical (unpaired) electrons. The summed E-state index contributed by atoms with van der Waals surface area (Å²) in [7, 11) is 1.59. The molecule has 0 aliphatic carbocycles. The molecule has 6 nitrogen and oxygen atoms in total. The number of hydrogen-bond acceptors (Lipinski definition) is 6. The Hall–Kier alpha value is -2.21. The Balaban J connectivity index is 2.37. The number of nitrogens with zero attached hydrogens (tertiary/aromatic N) is 3. The maximum atomic E-state index is 5.77. The summed E-state index contributed by atoms with van der Waals surface area (Å²) in [5, 5.41) is 0. The van der Waals surface area contributed by atoms with E-state index in [-0.39, 0.29) is 0 Å². The molecule has 6 heteroatoms. The predicted molar refractivity (Wildman–Crippen MR) is 71.6 cm³/mol. The van der Waals surface area contributed by atoms with Crippen LogP contribution >= 0.6 is 0 Å². The van der Waals surface area contributed by atoms with Crippen molar-refractivity contribution in [2.24, 2.45) is 0 Å². The zero-order chi connectivity index (χ0) is 13.7. The first-order valence-electron chi connectivity index (χ1n) is 5.93. The van der Waals surface area contributed by atoms with Gasteiger partial charge in [-0.3, -0.25) is 4.98 Å². The predicted octanol–water partition coefficient (Wildman–Crippen LogP) is 1.67. The highest BCUT2D eigenvalue weighted by Crippen LogP contribution is 2.22. The number of nitrogen functional groups attached to an aromatic ring is 1. The van der Waals surface area contributed by atoms with Crippen LogP contribution < -0.4 is 10.5 Å². The molecular weight excluding hydrogens is 244 g/mol. The molecule has 2 N–H and O–H groups in total. The molecule has 2 aromatic heterocycles. The van der Waals surface area contributed by atoms with E-state index in [1.54, 1.807) is 25.6 Å². The number of anilines is 1. The number of rotatable bonds is 5. The van der Waals surface area contributed by atoms with Gasteiger partial charge >= 0.3 is 0 Å². The lowest BCUT2D eigenvalue weighted by molar-refractivity contribution is 0.178. The van der Waals surface area contributed by atoms with E-state index in [1.807, 2.05) is 13.0 Å². The number of nitrogens with two attached hydrogens (primary N) is 1. The van der Waals surface area contributed by atoms with E-state index < -0.39 is 0 Å². The molecule has 0 aliphatic rings. The monoisotopic (exact) mass is 260 g/mol. The van der Waals surface area contributed by atoms with Crippen LogP contribution in [-0.2, 0) is 11.3 Å². The molecule has 100 valence electrons. The summed E-state index contributed by atoms with van der Waals surface area (Å²) in [6.45, 7) is 2.83. The van der Waals surface area contributed by atoms with Crippen LogP contribution in [0.2, 0.25) is 0 Å². The second-order valence-corrected chi connectivity index (χ2v) is 3.87. The molecule has 2 rings (SSSR count). The number of hydrogen-bond donors (Lipinski definition) is 1. The van der Waals surface area contributed by atoms with Gasteiger partial charge in [-0.1, -0.05) is 0 Å². The van der Waals surface area contributed by atoms with Gasteiger partial charge in [0.05, 0.1) is 18.5 Å². The number of methoxy groups -OCH3 is 1. The molecule has 0 bridgehead atoms. The molecule has 2 heterocycles. The van der Waals surface area contributed by atoms with Gasteiger partial charge in [0.2, 0.25) is 0 Å². The van der Waals surface area contributed by atoms with Crippen LogP contribution in [0.4, 0.5) is 5.82 Å². The number of aromatic nitrogens is 3. The minimum atomic E-state index is 0.316. The van der Waals surface area contributed by atoms with Crippen molar-refractivity contribution in [3.05, 3.63) is 30.4 Å². The highest BCUT2D eigenvalue weighted by Gasteiger charge is 2.06. The lowest BCUT2D eigenvalue weighted by Crippen LogP contribution is -2.02. The largest absolute Gasteiger partial charge is 0.492 e. The summed E-state index contributed by atoms with van der Waals surface area (Å²) in [4.78, 5) is 12.6. The Morgan fingerprint density at radius 2 is 2.05 bits per heavy atom. The number of ether oxygens (including phenoxy) is 2. The van der Waals surface area contributed by atoms with Gasteiger partial charge in [-0.25, -0.2) is 9.97 Å². The van der Waals surface area contributed by atoms with Gasteiger partial charge in [0.1, 0.15) is 18.2 Å². The fraction of sp³-hybridized carbons (Fsp3) is 0.308. The summed E-state index contributed by atoms with van der Waals surface area (Å²) >= 11 is 0. The molecule has 0 unspecified atom stereocenters. The van der Waals surface area contributed by atoms with Crippen LogP contribution in [0.25, 0.3) is 11.3 Å². The van der Waals surface area contributed by atoms with Crippen molar-refractivity contribution >= 4 is 5.82 Å². The molecule has 0 aliphatic heterocycles. The normalized spacial score (nSPS) is 10.4. The smallest absolute Gasteiger partial charge is 0.157 e. The minimum Gasteiger partial charge on any atom is -0.492 e. The van der Waals surface area contributed by atoms with Gasteiger partial charge in [0.25, 0.3) is 0 Å². The SMILES string of the molecule is CCOc1cncc(-c2cc(N)nc(COC)n2)c1. The van der Waals surface area contributed by atoms with E-state index in [1.165, 1.54) is 0 Å². The maximum absolute atomic E-state index is 5.77. The van der Waals surface area contributed by atoms with Crippen molar-refractivity contribution in [2.75, 3.05) is 19.5 Å². The van der Waals surface area contributed by atoms with Crippen LogP contribution in [0, 0.1) is 0 Å². The van der Waals surface area contributed by atoms with Crippen molar-refractivity contribution in [3.8, 4) is 17.0 Å². The van der Waals surface area contributed by atoms with Crippen molar-refractivity contribution < 1.29 is 9.47 Å². The first-order chi connectivity index (χ1) is 9.22. The van der Waals surface area contributed by atoms with Gasteiger partial charge < -0.3 is 15.2 Å². The molecule has 0 spiro atoms. The molecule has 2 aromatic rings. The molecule has 0 saturated carbocycles. The van der Waals surface area contributed by atoms with Crippen LogP contribution in [0.15, 0.2) is 24.5 Å². The van der Waals surface area contributed by atoms with Crippen molar-refractivity contribution in [2.45, 2.75) is 13.5 Å². The van der Waals surface area contributed by atoms with Crippen LogP contribution in [-0.4, -0.2) is 28.7 Å². The van der Waals surface area contributed by atoms with E-state index in [9.17, 15) is 0 Å². The molecule has 19 heavy (non-hydrogen) atoms. The Morgan fingerprint density at radius 1 is 1.21 bits per heavy atom. The van der Waals surface area contributed by atoms with Crippen LogP contribution in [0.3, 0.4) is 0 Å². The summed E-state index contributed by atoms with van der Waals surface area (Å²) in [6, 6.07) is 3.57. The van der Waals surface area contributed by atoms with Gasteiger partial charge in [-0.2, -0.15) is 0 Å². The molecule has 0 aromatic carbocycles. The van der Waals surface area contributed by atoms with Gasteiger partial charge in [0, 0.05) is 24.9 Å². The highest BCUT2D eigenvalue weighted by molar-refractivity contribution is 5.62. The van der Waals surface area contributed by atoms with Gasteiger partial charge in [-0.15, -0.1) is 0 Å². The first kappa shape index (κ1) is 13.2. The van der Waals surface area contributed by atoms with Crippen molar-refractivity contribution in [1.29, 1.82) is 0 Å². The molecular formula is C13H16N4O2. The van der Waals surface area contributed by atoms with Gasteiger partial charge in [0.15, 0.2) is 5.82 Å². The Morgan fingerprint density at radius 3 is 2.79 bits per heavy atom. The average Bonchev–Trinajstić information content (AvgIpc) is 2.39. The Labute approximate surface area is 111 Å². The lowest BCUT2D eigenvalue weighted by atomic mass is 10.2. The van der Waals surface area contributed by atoms with E-state index >= 15 is 0 Å². The van der Waals surface area contributed by atoms with E-state index in [0.29, 0.717) is 36.3 Å². The van der Waals surface area contributed by atoms with Crippen LogP contribution in [0.1, 0.15) is 12.7 Å². The lowest BCUT2D eigenvalue weighted by Gasteiger charge is -2.07. The minimum absolute atomic E-state index is 0.316. The third kappa shape index (κ3) is 3.38. The quantitative estimate of drug-likeness (QED) is 0.880. The van der Waals surface area contributed by atoms with Crippen LogP contribution in [0.5, 0.6) is 5.75 Å². The second-order valence-electron chi connectivity index (χ2n) is 3.87. The molecule has 0 atom stereocenters. The second kappa shape index (κ2) is 6.10. The third-order valence-corrected chi connectivity index (χ3v) is 2.39. The number of pyridine rings is 1. The highest BCUT2D eigenvalue weighted by atomic mass is 16.5. The molecule has 0 fully saturated rings. The van der Waals surface area contributed by atoms with E-state index in [0.717, 1.165) is 5.56 Å². The fourth-order valence-corrected chi connectivity index (χ4v) is 1.66. The van der Waals surface area contributed by atoms with Gasteiger partial charge in [-0.05, 0) is 13.0 Å². The summed E-state index contributed by atoms with van der Waals surface area (Å²) < 4.78 is 10.4. The van der Waals surface area contributed by atoms with E-state index in [2.05, 4.69) is 15.0 Å². The summed E-state index contributed by atoms with van der Waals surface area (Å²) in [5.41, 5.74) is 7.30. The molecule has 0 amide bonds. The zero-order valence-corrected chi connectivity index (χ0v) is 11.0. The molecule has 0 saturated heterocycles. The summed E-state index contributed by atoms with van der Waals surface area (Å²) in [6.07, 6.45) is 3.37. The third-order valence-electron chi connectivity index (χ3n) is 2.39. The Bertz CT molecular complexity index is 560.